The highest BCUT2D eigenvalue weighted by Crippen LogP contribution is 2.36. The van der Waals surface area contributed by atoms with Crippen LogP contribution in [0.2, 0.25) is 0 Å². The lowest BCUT2D eigenvalue weighted by Gasteiger charge is -2.23. The van der Waals surface area contributed by atoms with Crippen molar-refractivity contribution in [3.63, 3.8) is 0 Å². The van der Waals surface area contributed by atoms with Gasteiger partial charge in [-0.25, -0.2) is 4.98 Å². The lowest BCUT2D eigenvalue weighted by Crippen LogP contribution is -2.13. The summed E-state index contributed by atoms with van der Waals surface area (Å²) in [6, 6.07) is 14.4. The summed E-state index contributed by atoms with van der Waals surface area (Å²) in [5.74, 6) is 1.02. The van der Waals surface area contributed by atoms with Crippen molar-refractivity contribution >= 4 is 28.2 Å². The van der Waals surface area contributed by atoms with E-state index in [4.69, 9.17) is 4.98 Å². The number of nitrogens with one attached hydrogen (secondary N) is 1. The number of nitriles is 1. The minimum Gasteiger partial charge on any atom is -0.341 e. The van der Waals surface area contributed by atoms with Crippen molar-refractivity contribution < 1.29 is 0 Å². The van der Waals surface area contributed by atoms with E-state index in [9.17, 15) is 5.26 Å². The van der Waals surface area contributed by atoms with Crippen LogP contribution in [-0.4, -0.2) is 14.4 Å². The summed E-state index contributed by atoms with van der Waals surface area (Å²) in [5, 5.41) is 13.4. The second-order valence-corrected chi connectivity index (χ2v) is 6.62. The van der Waals surface area contributed by atoms with Crippen LogP contribution in [0.25, 0.3) is 16.7 Å². The van der Waals surface area contributed by atoms with Gasteiger partial charge < -0.3 is 5.32 Å². The van der Waals surface area contributed by atoms with Crippen molar-refractivity contribution in [2.75, 3.05) is 5.32 Å². The molecule has 3 heterocycles. The number of benzene rings is 1. The summed E-state index contributed by atoms with van der Waals surface area (Å²) in [5.41, 5.74) is 6.75. The molecule has 1 aliphatic rings. The zero-order valence-electron chi connectivity index (χ0n) is 14.2. The highest BCUT2D eigenvalue weighted by Gasteiger charge is 2.24. The van der Waals surface area contributed by atoms with E-state index in [1.54, 1.807) is 12.4 Å². The average Bonchev–Trinajstić information content (AvgIpc) is 3.08. The predicted octanol–water partition coefficient (Wildman–Crippen LogP) is 4.38. The smallest absolute Gasteiger partial charge is 0.157 e. The average molecular weight is 339 g/mol. The van der Waals surface area contributed by atoms with Crippen LogP contribution >= 0.6 is 0 Å². The Morgan fingerprint density at radius 2 is 1.77 bits per heavy atom. The molecule has 1 aromatic carbocycles. The van der Waals surface area contributed by atoms with Gasteiger partial charge >= 0.3 is 0 Å². The Kier molecular flexibility index (Phi) is 3.36. The Balaban J connectivity index is 1.90. The lowest BCUT2D eigenvalue weighted by molar-refractivity contribution is 0.682. The van der Waals surface area contributed by atoms with Gasteiger partial charge in [-0.2, -0.15) is 5.26 Å². The number of nitrogens with zero attached hydrogens (tertiary/aromatic N) is 4. The number of para-hydroxylation sites is 2. The fourth-order valence-electron chi connectivity index (χ4n) is 3.95. The Hall–Kier alpha value is -3.39. The van der Waals surface area contributed by atoms with E-state index < -0.39 is 0 Å². The molecule has 0 spiro atoms. The second-order valence-electron chi connectivity index (χ2n) is 6.62. The number of hydrogen-bond acceptors (Lipinski definition) is 4. The van der Waals surface area contributed by atoms with Crippen molar-refractivity contribution in [1.29, 1.82) is 5.26 Å². The Morgan fingerprint density at radius 3 is 2.58 bits per heavy atom. The zero-order chi connectivity index (χ0) is 17.5. The Morgan fingerprint density at radius 1 is 1.00 bits per heavy atom. The van der Waals surface area contributed by atoms with Crippen LogP contribution in [0.4, 0.5) is 11.5 Å². The summed E-state index contributed by atoms with van der Waals surface area (Å²) in [7, 11) is 0. The quantitative estimate of drug-likeness (QED) is 0.589. The third-order valence-corrected chi connectivity index (χ3v) is 5.12. The lowest BCUT2D eigenvalue weighted by atomic mass is 9.89. The molecular formula is C21H17N5. The molecule has 0 bridgehead atoms. The first kappa shape index (κ1) is 14.9. The van der Waals surface area contributed by atoms with Crippen LogP contribution < -0.4 is 5.32 Å². The fourth-order valence-corrected chi connectivity index (χ4v) is 3.95. The van der Waals surface area contributed by atoms with E-state index in [1.165, 1.54) is 5.56 Å². The largest absolute Gasteiger partial charge is 0.341 e. The number of imidazole rings is 1. The number of fused-ring (bicyclic) bond motifs is 4. The van der Waals surface area contributed by atoms with Gasteiger partial charge in [-0.05, 0) is 61.1 Å². The van der Waals surface area contributed by atoms with Gasteiger partial charge in [-0.3, -0.25) is 9.38 Å². The third-order valence-electron chi connectivity index (χ3n) is 5.12. The summed E-state index contributed by atoms with van der Waals surface area (Å²) < 4.78 is 2.11. The number of rotatable bonds is 2. The van der Waals surface area contributed by atoms with E-state index in [2.05, 4.69) is 26.8 Å². The molecule has 0 fully saturated rings. The van der Waals surface area contributed by atoms with Crippen molar-refractivity contribution in [3.8, 4) is 6.07 Å². The van der Waals surface area contributed by atoms with Crippen molar-refractivity contribution in [3.05, 3.63) is 65.5 Å². The summed E-state index contributed by atoms with van der Waals surface area (Å²) >= 11 is 0. The monoisotopic (exact) mass is 339 g/mol. The molecule has 26 heavy (non-hydrogen) atoms. The first-order valence-electron chi connectivity index (χ1n) is 8.89. The molecule has 0 atom stereocenters. The Bertz CT molecular complexity index is 1170. The molecule has 126 valence electrons. The van der Waals surface area contributed by atoms with Gasteiger partial charge in [0.05, 0.1) is 16.6 Å². The van der Waals surface area contributed by atoms with Crippen LogP contribution in [0.15, 0.2) is 48.8 Å². The molecule has 0 saturated heterocycles. The number of anilines is 2. The van der Waals surface area contributed by atoms with E-state index >= 15 is 0 Å². The highest BCUT2D eigenvalue weighted by molar-refractivity contribution is 5.87. The van der Waals surface area contributed by atoms with E-state index in [0.717, 1.165) is 65.0 Å². The fraction of sp³-hybridized carbons (Fsp3) is 0.190. The standard InChI is InChI=1S/C21H17N5/c22-13-17-15-5-1-2-6-16(15)20(24-14-9-11-23-12-10-14)26-19-8-4-3-7-18(19)25-21(17)26/h3-4,7-12H,1-2,5-6H2,(H,23,24). The van der Waals surface area contributed by atoms with Gasteiger partial charge in [-0.1, -0.05) is 12.1 Å². The van der Waals surface area contributed by atoms with Crippen LogP contribution in [0.3, 0.4) is 0 Å². The molecule has 5 rings (SSSR count). The molecule has 0 amide bonds. The first-order chi connectivity index (χ1) is 12.9. The maximum atomic E-state index is 9.87. The topological polar surface area (TPSA) is 66.0 Å². The maximum absolute atomic E-state index is 9.87. The highest BCUT2D eigenvalue weighted by atomic mass is 15.1. The van der Waals surface area contributed by atoms with Crippen LogP contribution in [-0.2, 0) is 12.8 Å². The Labute approximate surface area is 150 Å². The van der Waals surface area contributed by atoms with Crippen LogP contribution in [0.5, 0.6) is 0 Å². The predicted molar refractivity (Wildman–Crippen MR) is 102 cm³/mol. The molecule has 3 aromatic heterocycles. The van der Waals surface area contributed by atoms with Crippen LogP contribution in [0, 0.1) is 11.3 Å². The van der Waals surface area contributed by atoms with E-state index in [1.807, 2.05) is 30.3 Å². The molecule has 0 aliphatic heterocycles. The number of pyridine rings is 2. The van der Waals surface area contributed by atoms with Crippen molar-refractivity contribution in [2.24, 2.45) is 0 Å². The van der Waals surface area contributed by atoms with Gasteiger partial charge in [0, 0.05) is 18.1 Å². The first-order valence-corrected chi connectivity index (χ1v) is 8.89. The molecular weight excluding hydrogens is 322 g/mol. The minimum absolute atomic E-state index is 0.719. The number of hydrogen-bond donors (Lipinski definition) is 1. The van der Waals surface area contributed by atoms with Crippen molar-refractivity contribution in [2.45, 2.75) is 25.7 Å². The molecule has 0 unspecified atom stereocenters. The summed E-state index contributed by atoms with van der Waals surface area (Å²) in [6.45, 7) is 0. The molecule has 0 radical (unpaired) electrons. The summed E-state index contributed by atoms with van der Waals surface area (Å²) in [6.07, 6.45) is 7.72. The molecule has 1 aliphatic carbocycles. The van der Waals surface area contributed by atoms with Gasteiger partial charge in [0.15, 0.2) is 5.65 Å². The van der Waals surface area contributed by atoms with Gasteiger partial charge in [0.1, 0.15) is 11.9 Å². The molecule has 1 N–H and O–H groups in total. The van der Waals surface area contributed by atoms with Crippen LogP contribution in [0.1, 0.15) is 29.5 Å². The van der Waals surface area contributed by atoms with Gasteiger partial charge in [0.2, 0.25) is 0 Å². The van der Waals surface area contributed by atoms with E-state index in [-0.39, 0.29) is 0 Å². The second kappa shape index (κ2) is 5.85. The molecule has 5 nitrogen and oxygen atoms in total. The molecule has 4 aromatic rings. The van der Waals surface area contributed by atoms with Crippen molar-refractivity contribution in [1.82, 2.24) is 14.4 Å². The maximum Gasteiger partial charge on any atom is 0.157 e. The molecule has 5 heteroatoms. The summed E-state index contributed by atoms with van der Waals surface area (Å²) in [4.78, 5) is 8.89. The third kappa shape index (κ3) is 2.16. The SMILES string of the molecule is N#Cc1c2c(c(Nc3ccncc3)n3c1nc1ccccc13)CCCC2. The van der Waals surface area contributed by atoms with Gasteiger partial charge in [-0.15, -0.1) is 0 Å². The number of aromatic nitrogens is 3. The van der Waals surface area contributed by atoms with E-state index in [0.29, 0.717) is 0 Å². The van der Waals surface area contributed by atoms with Gasteiger partial charge in [0.25, 0.3) is 0 Å². The normalized spacial score (nSPS) is 13.5. The molecule has 0 saturated carbocycles. The minimum atomic E-state index is 0.719. The zero-order valence-corrected chi connectivity index (χ0v) is 14.2.